The van der Waals surface area contributed by atoms with Crippen LogP contribution in [0.1, 0.15) is 18.5 Å². The fraction of sp³-hybridized carbons (Fsp3) is 0.278. The molecule has 0 saturated carbocycles. The van der Waals surface area contributed by atoms with Crippen molar-refractivity contribution >= 4 is 28.9 Å². The van der Waals surface area contributed by atoms with Crippen molar-refractivity contribution in [1.29, 1.82) is 0 Å². The highest BCUT2D eigenvalue weighted by molar-refractivity contribution is 6.32. The molecule has 0 bridgehead atoms. The van der Waals surface area contributed by atoms with Crippen LogP contribution in [0.5, 0.6) is 5.75 Å². The number of hydrogen-bond donors (Lipinski definition) is 1. The molecule has 1 unspecified atom stereocenters. The van der Waals surface area contributed by atoms with Crippen LogP contribution < -0.4 is 10.1 Å². The molecule has 0 saturated heterocycles. The van der Waals surface area contributed by atoms with E-state index in [9.17, 15) is 14.9 Å². The first-order valence-corrected chi connectivity index (χ1v) is 8.27. The van der Waals surface area contributed by atoms with E-state index in [4.69, 9.17) is 16.3 Å². The molecule has 138 valence electrons. The van der Waals surface area contributed by atoms with E-state index < -0.39 is 4.92 Å². The Bertz CT molecular complexity index is 813. The predicted molar refractivity (Wildman–Crippen MR) is 101 cm³/mol. The smallest absolute Gasteiger partial charge is 0.269 e. The number of ether oxygens (including phenoxy) is 1. The van der Waals surface area contributed by atoms with Crippen LogP contribution in [0.15, 0.2) is 42.5 Å². The second-order valence-corrected chi connectivity index (χ2v) is 6.25. The molecular weight excluding hydrogens is 358 g/mol. The molecule has 1 amide bonds. The highest BCUT2D eigenvalue weighted by Crippen LogP contribution is 2.27. The average molecular weight is 378 g/mol. The molecule has 2 aromatic carbocycles. The molecule has 0 aliphatic carbocycles. The van der Waals surface area contributed by atoms with Crippen LogP contribution in [0.2, 0.25) is 5.02 Å². The van der Waals surface area contributed by atoms with Crippen LogP contribution >= 0.6 is 11.6 Å². The SMILES string of the molecule is COc1ccc(NC(=O)CN(C)C(C)c2cccc([N+](=O)[O-])c2)cc1Cl. The van der Waals surface area contributed by atoms with Gasteiger partial charge in [-0.2, -0.15) is 0 Å². The minimum absolute atomic E-state index is 0.0278. The van der Waals surface area contributed by atoms with Crippen LogP contribution in [0.4, 0.5) is 11.4 Å². The Morgan fingerprint density at radius 2 is 2.08 bits per heavy atom. The van der Waals surface area contributed by atoms with Gasteiger partial charge in [0.2, 0.25) is 5.91 Å². The number of nitro groups is 1. The van der Waals surface area contributed by atoms with Gasteiger partial charge < -0.3 is 10.1 Å². The third kappa shape index (κ3) is 4.93. The summed E-state index contributed by atoms with van der Waals surface area (Å²) in [6.45, 7) is 2.00. The number of nitrogens with zero attached hydrogens (tertiary/aromatic N) is 2. The van der Waals surface area contributed by atoms with Gasteiger partial charge in [0.1, 0.15) is 5.75 Å². The fourth-order valence-corrected chi connectivity index (χ4v) is 2.72. The van der Waals surface area contributed by atoms with Crippen LogP contribution in [0.3, 0.4) is 0 Å². The summed E-state index contributed by atoms with van der Waals surface area (Å²) in [5.41, 5.74) is 1.36. The van der Waals surface area contributed by atoms with Crippen LogP contribution in [-0.2, 0) is 4.79 Å². The van der Waals surface area contributed by atoms with Crippen molar-refractivity contribution in [3.8, 4) is 5.75 Å². The summed E-state index contributed by atoms with van der Waals surface area (Å²) in [5, 5.41) is 14.1. The van der Waals surface area contributed by atoms with E-state index in [1.165, 1.54) is 19.2 Å². The molecule has 0 spiro atoms. The van der Waals surface area contributed by atoms with Gasteiger partial charge in [0.15, 0.2) is 0 Å². The fourth-order valence-electron chi connectivity index (χ4n) is 2.46. The van der Waals surface area contributed by atoms with Crippen molar-refractivity contribution in [3.05, 3.63) is 63.2 Å². The number of anilines is 1. The zero-order valence-corrected chi connectivity index (χ0v) is 15.5. The molecule has 0 fully saturated rings. The number of amides is 1. The molecule has 0 aliphatic rings. The number of nitrogens with one attached hydrogen (secondary N) is 1. The Kier molecular flexibility index (Phi) is 6.54. The number of nitro benzene ring substituents is 1. The zero-order valence-electron chi connectivity index (χ0n) is 14.7. The molecule has 0 aliphatic heterocycles. The van der Waals surface area contributed by atoms with Gasteiger partial charge in [-0.15, -0.1) is 0 Å². The van der Waals surface area contributed by atoms with Gasteiger partial charge in [-0.05, 0) is 37.7 Å². The summed E-state index contributed by atoms with van der Waals surface area (Å²) in [7, 11) is 3.30. The first kappa shape index (κ1) is 19.7. The lowest BCUT2D eigenvalue weighted by atomic mass is 10.1. The average Bonchev–Trinajstić information content (AvgIpc) is 2.61. The summed E-state index contributed by atoms with van der Waals surface area (Å²) in [6, 6.07) is 11.2. The Balaban J connectivity index is 2.01. The zero-order chi connectivity index (χ0) is 19.3. The van der Waals surface area contributed by atoms with Gasteiger partial charge in [0.25, 0.3) is 5.69 Å². The van der Waals surface area contributed by atoms with Gasteiger partial charge in [0, 0.05) is 23.9 Å². The maximum atomic E-state index is 12.3. The van der Waals surface area contributed by atoms with Crippen molar-refractivity contribution in [2.45, 2.75) is 13.0 Å². The molecule has 2 aromatic rings. The number of methoxy groups -OCH3 is 1. The van der Waals surface area contributed by atoms with Gasteiger partial charge in [0.05, 0.1) is 23.6 Å². The third-order valence-electron chi connectivity index (χ3n) is 4.05. The Labute approximate surface area is 156 Å². The van der Waals surface area contributed by atoms with E-state index in [1.807, 2.05) is 6.92 Å². The van der Waals surface area contributed by atoms with E-state index in [0.717, 1.165) is 5.56 Å². The second kappa shape index (κ2) is 8.64. The molecule has 1 atom stereocenters. The maximum absolute atomic E-state index is 12.3. The number of likely N-dealkylation sites (N-methyl/N-ethyl adjacent to an activating group) is 1. The van der Waals surface area contributed by atoms with Crippen LogP contribution in [0.25, 0.3) is 0 Å². The molecule has 8 heteroatoms. The lowest BCUT2D eigenvalue weighted by Crippen LogP contribution is -2.32. The van der Waals surface area contributed by atoms with Crippen LogP contribution in [0, 0.1) is 10.1 Å². The Morgan fingerprint density at radius 1 is 1.35 bits per heavy atom. The second-order valence-electron chi connectivity index (χ2n) is 5.84. The van der Waals surface area contributed by atoms with Crippen molar-refractivity contribution < 1.29 is 14.5 Å². The summed E-state index contributed by atoms with van der Waals surface area (Å²) >= 11 is 6.05. The highest BCUT2D eigenvalue weighted by Gasteiger charge is 2.17. The van der Waals surface area contributed by atoms with E-state index in [0.29, 0.717) is 16.5 Å². The number of carbonyl (C=O) groups is 1. The largest absolute Gasteiger partial charge is 0.495 e. The van der Waals surface area contributed by atoms with Crippen molar-refractivity contribution in [2.24, 2.45) is 0 Å². The van der Waals surface area contributed by atoms with Gasteiger partial charge in [-0.25, -0.2) is 0 Å². The number of hydrogen-bond acceptors (Lipinski definition) is 5. The van der Waals surface area contributed by atoms with E-state index in [-0.39, 0.29) is 24.2 Å². The Hall–Kier alpha value is -2.64. The third-order valence-corrected chi connectivity index (χ3v) is 4.35. The number of carbonyl (C=O) groups excluding carboxylic acids is 1. The molecule has 2 rings (SSSR count). The van der Waals surface area contributed by atoms with E-state index in [2.05, 4.69) is 5.32 Å². The monoisotopic (exact) mass is 377 g/mol. The van der Waals surface area contributed by atoms with Crippen LogP contribution in [-0.4, -0.2) is 36.4 Å². The first-order chi connectivity index (χ1) is 12.3. The molecule has 0 heterocycles. The van der Waals surface area contributed by atoms with Gasteiger partial charge in [-0.3, -0.25) is 19.8 Å². The normalized spacial score (nSPS) is 11.9. The van der Waals surface area contributed by atoms with Crippen molar-refractivity contribution in [2.75, 3.05) is 26.0 Å². The summed E-state index contributed by atoms with van der Waals surface area (Å²) in [4.78, 5) is 24.5. The number of non-ortho nitro benzene ring substituents is 1. The van der Waals surface area contributed by atoms with Gasteiger partial charge >= 0.3 is 0 Å². The first-order valence-electron chi connectivity index (χ1n) is 7.89. The number of halogens is 1. The number of benzene rings is 2. The van der Waals surface area contributed by atoms with E-state index in [1.54, 1.807) is 42.3 Å². The molecule has 0 aromatic heterocycles. The summed E-state index contributed by atoms with van der Waals surface area (Å²) in [6.07, 6.45) is 0. The quantitative estimate of drug-likeness (QED) is 0.584. The summed E-state index contributed by atoms with van der Waals surface area (Å²) < 4.78 is 5.08. The van der Waals surface area contributed by atoms with Crippen molar-refractivity contribution in [1.82, 2.24) is 4.90 Å². The lowest BCUT2D eigenvalue weighted by molar-refractivity contribution is -0.384. The predicted octanol–water partition coefficient (Wildman–Crippen LogP) is 3.89. The molecule has 26 heavy (non-hydrogen) atoms. The molecule has 7 nitrogen and oxygen atoms in total. The lowest BCUT2D eigenvalue weighted by Gasteiger charge is -2.24. The molecule has 0 radical (unpaired) electrons. The minimum atomic E-state index is -0.434. The minimum Gasteiger partial charge on any atom is -0.495 e. The van der Waals surface area contributed by atoms with E-state index >= 15 is 0 Å². The van der Waals surface area contributed by atoms with Crippen molar-refractivity contribution in [3.63, 3.8) is 0 Å². The number of rotatable bonds is 7. The molecule has 1 N–H and O–H groups in total. The summed E-state index contributed by atoms with van der Waals surface area (Å²) in [5.74, 6) is 0.312. The topological polar surface area (TPSA) is 84.7 Å². The maximum Gasteiger partial charge on any atom is 0.269 e. The standard InChI is InChI=1S/C18H20ClN3O4/c1-12(13-5-4-6-15(9-13)22(24)25)21(2)11-18(23)20-14-7-8-17(26-3)16(19)10-14/h4-10,12H,11H2,1-3H3,(H,20,23). The molecular formula is C18H20ClN3O4. The highest BCUT2D eigenvalue weighted by atomic mass is 35.5. The Morgan fingerprint density at radius 3 is 2.69 bits per heavy atom. The van der Waals surface area contributed by atoms with Gasteiger partial charge in [-0.1, -0.05) is 23.7 Å².